The first-order valence-corrected chi connectivity index (χ1v) is 6.97. The summed E-state index contributed by atoms with van der Waals surface area (Å²) in [6, 6.07) is 13.8. The largest absolute Gasteiger partial charge is 0.483 e. The average Bonchev–Trinajstić information content (AvgIpc) is 2.52. The maximum absolute atomic E-state index is 12.2. The average molecular weight is 319 g/mol. The van der Waals surface area contributed by atoms with E-state index < -0.39 is 5.91 Å². The lowest BCUT2D eigenvalue weighted by Crippen LogP contribution is -2.25. The maximum Gasteiger partial charge on any atom is 0.255 e. The Balaban J connectivity index is 2.02. The molecule has 0 bridgehead atoms. The van der Waals surface area contributed by atoms with Gasteiger partial charge in [-0.25, -0.2) is 0 Å². The van der Waals surface area contributed by atoms with E-state index in [0.29, 0.717) is 22.9 Å². The molecule has 2 amide bonds. The molecular weight excluding hydrogens is 304 g/mol. The van der Waals surface area contributed by atoms with Gasteiger partial charge in [-0.1, -0.05) is 35.9 Å². The number of para-hydroxylation sites is 1. The summed E-state index contributed by atoms with van der Waals surface area (Å²) in [6.45, 7) is 0.0850. The molecule has 0 saturated heterocycles. The SMILES string of the molecule is NC(=O)COc1ccccc1C(=O)NCc1ccc(Cl)cc1. The third-order valence-electron chi connectivity index (χ3n) is 2.87. The predicted octanol–water partition coefficient (Wildman–Crippen LogP) is 2.13. The number of carbonyl (C=O) groups excluding carboxylic acids is 2. The monoisotopic (exact) mass is 318 g/mol. The number of nitrogens with one attached hydrogen (secondary N) is 1. The molecule has 0 aliphatic carbocycles. The van der Waals surface area contributed by atoms with Crippen LogP contribution in [0.25, 0.3) is 0 Å². The minimum absolute atomic E-state index is 0.276. The van der Waals surface area contributed by atoms with Gasteiger partial charge in [0, 0.05) is 11.6 Å². The maximum atomic E-state index is 12.2. The number of ether oxygens (including phenoxy) is 1. The van der Waals surface area contributed by atoms with E-state index in [1.807, 2.05) is 12.1 Å². The quantitative estimate of drug-likeness (QED) is 0.856. The summed E-state index contributed by atoms with van der Waals surface area (Å²) in [5, 5.41) is 3.42. The van der Waals surface area contributed by atoms with Gasteiger partial charge in [-0.2, -0.15) is 0 Å². The van der Waals surface area contributed by atoms with Crippen molar-refractivity contribution >= 4 is 23.4 Å². The van der Waals surface area contributed by atoms with Gasteiger partial charge >= 0.3 is 0 Å². The lowest BCUT2D eigenvalue weighted by atomic mass is 10.1. The highest BCUT2D eigenvalue weighted by Gasteiger charge is 2.12. The summed E-state index contributed by atoms with van der Waals surface area (Å²) >= 11 is 5.81. The van der Waals surface area contributed by atoms with Crippen LogP contribution in [0.1, 0.15) is 15.9 Å². The molecular formula is C16H15ClN2O3. The molecule has 0 aliphatic rings. The summed E-state index contributed by atoms with van der Waals surface area (Å²) < 4.78 is 5.23. The minimum Gasteiger partial charge on any atom is -0.483 e. The van der Waals surface area contributed by atoms with Crippen molar-refractivity contribution in [2.45, 2.75) is 6.54 Å². The zero-order chi connectivity index (χ0) is 15.9. The molecule has 2 aromatic carbocycles. The van der Waals surface area contributed by atoms with Gasteiger partial charge in [0.05, 0.1) is 5.56 Å². The molecule has 0 aliphatic heterocycles. The third kappa shape index (κ3) is 4.49. The van der Waals surface area contributed by atoms with Crippen molar-refractivity contribution in [3.05, 3.63) is 64.7 Å². The topological polar surface area (TPSA) is 81.4 Å². The molecule has 5 nitrogen and oxygen atoms in total. The van der Waals surface area contributed by atoms with Crippen molar-refractivity contribution in [1.29, 1.82) is 0 Å². The number of rotatable bonds is 6. The molecule has 0 aromatic heterocycles. The van der Waals surface area contributed by atoms with Crippen molar-refractivity contribution in [3.63, 3.8) is 0 Å². The normalized spacial score (nSPS) is 10.0. The molecule has 0 atom stereocenters. The number of amides is 2. The number of hydrogen-bond donors (Lipinski definition) is 2. The van der Waals surface area contributed by atoms with E-state index in [-0.39, 0.29) is 12.5 Å². The Morgan fingerprint density at radius 2 is 1.77 bits per heavy atom. The molecule has 114 valence electrons. The molecule has 0 unspecified atom stereocenters. The first kappa shape index (κ1) is 15.9. The molecule has 3 N–H and O–H groups in total. The van der Waals surface area contributed by atoms with Crippen molar-refractivity contribution in [3.8, 4) is 5.75 Å². The van der Waals surface area contributed by atoms with Crippen LogP contribution in [-0.2, 0) is 11.3 Å². The standard InChI is InChI=1S/C16H15ClN2O3/c17-12-7-5-11(6-8-12)9-19-16(21)13-3-1-2-4-14(13)22-10-15(18)20/h1-8H,9-10H2,(H2,18,20)(H,19,21). The Labute approximate surface area is 133 Å². The highest BCUT2D eigenvalue weighted by molar-refractivity contribution is 6.30. The molecule has 0 spiro atoms. The lowest BCUT2D eigenvalue weighted by Gasteiger charge is -2.10. The van der Waals surface area contributed by atoms with Crippen LogP contribution in [0.2, 0.25) is 5.02 Å². The van der Waals surface area contributed by atoms with E-state index >= 15 is 0 Å². The summed E-state index contributed by atoms with van der Waals surface area (Å²) in [5.41, 5.74) is 6.31. The summed E-state index contributed by atoms with van der Waals surface area (Å²) in [7, 11) is 0. The predicted molar refractivity (Wildman–Crippen MR) is 83.8 cm³/mol. The first-order valence-electron chi connectivity index (χ1n) is 6.59. The molecule has 22 heavy (non-hydrogen) atoms. The van der Waals surface area contributed by atoms with Crippen molar-refractivity contribution in [2.24, 2.45) is 5.73 Å². The minimum atomic E-state index is -0.601. The lowest BCUT2D eigenvalue weighted by molar-refractivity contribution is -0.119. The van der Waals surface area contributed by atoms with Crippen LogP contribution >= 0.6 is 11.6 Å². The molecule has 6 heteroatoms. The van der Waals surface area contributed by atoms with Crippen LogP contribution in [0, 0.1) is 0 Å². The molecule has 2 rings (SSSR count). The van der Waals surface area contributed by atoms with Crippen molar-refractivity contribution in [2.75, 3.05) is 6.61 Å². The zero-order valence-electron chi connectivity index (χ0n) is 11.7. The highest BCUT2D eigenvalue weighted by Crippen LogP contribution is 2.18. The Bertz CT molecular complexity index is 671. The number of carbonyl (C=O) groups is 2. The first-order chi connectivity index (χ1) is 10.6. The van der Waals surface area contributed by atoms with Crippen LogP contribution in [0.3, 0.4) is 0 Å². The Morgan fingerprint density at radius 3 is 2.45 bits per heavy atom. The van der Waals surface area contributed by atoms with Gasteiger partial charge in [0.2, 0.25) is 0 Å². The second-order valence-electron chi connectivity index (χ2n) is 4.56. The molecule has 0 saturated carbocycles. The van der Waals surface area contributed by atoms with Crippen molar-refractivity contribution < 1.29 is 14.3 Å². The van der Waals surface area contributed by atoms with Crippen molar-refractivity contribution in [1.82, 2.24) is 5.32 Å². The number of primary amides is 1. The number of hydrogen-bond acceptors (Lipinski definition) is 3. The second kappa shape index (κ2) is 7.47. The van der Waals surface area contributed by atoms with E-state index in [9.17, 15) is 9.59 Å². The van der Waals surface area contributed by atoms with E-state index in [0.717, 1.165) is 5.56 Å². The van der Waals surface area contributed by atoms with E-state index in [2.05, 4.69) is 5.32 Å². The molecule has 0 fully saturated rings. The number of nitrogens with two attached hydrogens (primary N) is 1. The van der Waals surface area contributed by atoms with E-state index in [1.54, 1.807) is 36.4 Å². The second-order valence-corrected chi connectivity index (χ2v) is 5.00. The number of halogens is 1. The summed E-state index contributed by atoms with van der Waals surface area (Å²) in [5.74, 6) is -0.582. The third-order valence-corrected chi connectivity index (χ3v) is 3.12. The smallest absolute Gasteiger partial charge is 0.255 e. The summed E-state index contributed by atoms with van der Waals surface area (Å²) in [4.78, 5) is 23.0. The zero-order valence-corrected chi connectivity index (χ0v) is 12.5. The molecule has 0 heterocycles. The van der Waals surface area contributed by atoms with Crippen LogP contribution in [0.4, 0.5) is 0 Å². The Kier molecular flexibility index (Phi) is 5.38. The van der Waals surface area contributed by atoms with Gasteiger partial charge in [0.15, 0.2) is 6.61 Å². The number of benzene rings is 2. The van der Waals surface area contributed by atoms with Gasteiger partial charge in [0.25, 0.3) is 11.8 Å². The molecule has 0 radical (unpaired) electrons. The van der Waals surface area contributed by atoms with E-state index in [1.165, 1.54) is 0 Å². The summed E-state index contributed by atoms with van der Waals surface area (Å²) in [6.07, 6.45) is 0. The van der Waals surface area contributed by atoms with Gasteiger partial charge in [-0.05, 0) is 29.8 Å². The molecule has 2 aromatic rings. The van der Waals surface area contributed by atoms with Gasteiger partial charge in [-0.3, -0.25) is 9.59 Å². The fourth-order valence-corrected chi connectivity index (χ4v) is 1.93. The van der Waals surface area contributed by atoms with E-state index in [4.69, 9.17) is 22.1 Å². The van der Waals surface area contributed by atoms with Crippen LogP contribution in [-0.4, -0.2) is 18.4 Å². The fraction of sp³-hybridized carbons (Fsp3) is 0.125. The Morgan fingerprint density at radius 1 is 1.09 bits per heavy atom. The van der Waals surface area contributed by atoms with Gasteiger partial charge in [-0.15, -0.1) is 0 Å². The fourth-order valence-electron chi connectivity index (χ4n) is 1.81. The van der Waals surface area contributed by atoms with Gasteiger partial charge in [0.1, 0.15) is 5.75 Å². The van der Waals surface area contributed by atoms with Gasteiger partial charge < -0.3 is 15.8 Å². The van der Waals surface area contributed by atoms with Crippen LogP contribution in [0.5, 0.6) is 5.75 Å². The van der Waals surface area contributed by atoms with Crippen LogP contribution in [0.15, 0.2) is 48.5 Å². The van der Waals surface area contributed by atoms with Crippen LogP contribution < -0.4 is 15.8 Å². The highest BCUT2D eigenvalue weighted by atomic mass is 35.5. The Hall–Kier alpha value is -2.53.